The van der Waals surface area contributed by atoms with Crippen LogP contribution >= 0.6 is 0 Å². The Morgan fingerprint density at radius 3 is 2.77 bits per heavy atom. The molecular weight excluding hydrogens is 160 g/mol. The molecule has 0 radical (unpaired) electrons. The zero-order valence-electron chi connectivity index (χ0n) is 8.71. The lowest BCUT2D eigenvalue weighted by molar-refractivity contribution is 0.00832. The van der Waals surface area contributed by atoms with Crippen LogP contribution in [0.1, 0.15) is 39.5 Å². The molecule has 0 aromatic heterocycles. The van der Waals surface area contributed by atoms with Gasteiger partial charge in [-0.1, -0.05) is 26.0 Å². The molecule has 0 aliphatic heterocycles. The highest BCUT2D eigenvalue weighted by atomic mass is 16.3. The van der Waals surface area contributed by atoms with Gasteiger partial charge in [-0.3, -0.25) is 0 Å². The Hall–Kier alpha value is -0.300. The summed E-state index contributed by atoms with van der Waals surface area (Å²) in [5.41, 5.74) is 1.65. The predicted molar refractivity (Wildman–Crippen MR) is 54.4 cm³/mol. The second-order valence-electron chi connectivity index (χ2n) is 5.13. The summed E-state index contributed by atoms with van der Waals surface area (Å²) in [7, 11) is 0. The summed E-state index contributed by atoms with van der Waals surface area (Å²) in [6, 6.07) is 0. The van der Waals surface area contributed by atoms with Crippen molar-refractivity contribution in [1.82, 2.24) is 0 Å². The molecule has 74 valence electrons. The molecule has 1 heteroatoms. The third-order valence-electron chi connectivity index (χ3n) is 4.60. The van der Waals surface area contributed by atoms with Crippen LogP contribution in [0.4, 0.5) is 0 Å². The lowest BCUT2D eigenvalue weighted by Crippen LogP contribution is -2.44. The molecule has 0 saturated heterocycles. The van der Waals surface area contributed by atoms with Crippen molar-refractivity contribution in [1.29, 1.82) is 0 Å². The van der Waals surface area contributed by atoms with Crippen molar-refractivity contribution in [3.63, 3.8) is 0 Å². The van der Waals surface area contributed by atoms with E-state index in [1.165, 1.54) is 12.0 Å². The van der Waals surface area contributed by atoms with Gasteiger partial charge in [-0.25, -0.2) is 0 Å². The summed E-state index contributed by atoms with van der Waals surface area (Å²) in [4.78, 5) is 0. The molecule has 1 unspecified atom stereocenters. The third-order valence-corrected chi connectivity index (χ3v) is 4.60. The smallest absolute Gasteiger partial charge is 0.0605 e. The average Bonchev–Trinajstić information content (AvgIpc) is 2.09. The molecule has 2 rings (SSSR count). The molecule has 1 nitrogen and oxygen atoms in total. The summed E-state index contributed by atoms with van der Waals surface area (Å²) < 4.78 is 0. The maximum Gasteiger partial charge on any atom is 0.0605 e. The lowest BCUT2D eigenvalue weighted by atomic mass is 9.55. The van der Waals surface area contributed by atoms with E-state index in [1.54, 1.807) is 0 Å². The Labute approximate surface area is 80.8 Å². The summed E-state index contributed by atoms with van der Waals surface area (Å²) in [5.74, 6) is 1.15. The van der Waals surface area contributed by atoms with Gasteiger partial charge in [-0.2, -0.15) is 0 Å². The molecule has 13 heavy (non-hydrogen) atoms. The Morgan fingerprint density at radius 1 is 1.38 bits per heavy atom. The van der Waals surface area contributed by atoms with E-state index in [1.807, 2.05) is 0 Å². The summed E-state index contributed by atoms with van der Waals surface area (Å²) in [6.45, 7) is 8.88. The number of rotatable bonds is 0. The van der Waals surface area contributed by atoms with Crippen molar-refractivity contribution in [3.8, 4) is 0 Å². The topological polar surface area (TPSA) is 20.2 Å². The number of fused-ring (bicyclic) bond motifs is 2. The quantitative estimate of drug-likeness (QED) is 0.568. The molecule has 1 N–H and O–H groups in total. The van der Waals surface area contributed by atoms with Crippen molar-refractivity contribution in [2.75, 3.05) is 0 Å². The number of hydrogen-bond acceptors (Lipinski definition) is 1. The van der Waals surface area contributed by atoms with Crippen LogP contribution in [0.5, 0.6) is 0 Å². The molecule has 2 fully saturated rings. The average molecular weight is 180 g/mol. The van der Waals surface area contributed by atoms with Gasteiger partial charge in [-0.15, -0.1) is 0 Å². The highest BCUT2D eigenvalue weighted by Crippen LogP contribution is 2.54. The molecule has 2 aliphatic carbocycles. The lowest BCUT2D eigenvalue weighted by Gasteiger charge is -2.51. The van der Waals surface area contributed by atoms with Crippen molar-refractivity contribution in [3.05, 3.63) is 12.2 Å². The first-order valence-corrected chi connectivity index (χ1v) is 5.43. The SMILES string of the molecule is C=C1[C@H]2CC[C@@H](C)[C@]1(C)CCC2O. The van der Waals surface area contributed by atoms with E-state index in [0.717, 1.165) is 25.2 Å². The van der Waals surface area contributed by atoms with Crippen LogP contribution < -0.4 is 0 Å². The van der Waals surface area contributed by atoms with Gasteiger partial charge in [-0.05, 0) is 37.0 Å². The zero-order chi connectivity index (χ0) is 9.64. The minimum Gasteiger partial charge on any atom is -0.393 e. The van der Waals surface area contributed by atoms with Crippen molar-refractivity contribution < 1.29 is 5.11 Å². The van der Waals surface area contributed by atoms with Crippen LogP contribution in [0.2, 0.25) is 0 Å². The van der Waals surface area contributed by atoms with Gasteiger partial charge < -0.3 is 5.11 Å². The molecule has 2 aliphatic rings. The highest BCUT2D eigenvalue weighted by molar-refractivity contribution is 5.21. The second kappa shape index (κ2) is 2.84. The Kier molecular flexibility index (Phi) is 2.03. The fourth-order valence-corrected chi connectivity index (χ4v) is 3.14. The Morgan fingerprint density at radius 2 is 2.08 bits per heavy atom. The fraction of sp³-hybridized carbons (Fsp3) is 0.833. The molecule has 0 aromatic carbocycles. The van der Waals surface area contributed by atoms with E-state index < -0.39 is 0 Å². The predicted octanol–water partition coefficient (Wildman–Crippen LogP) is 2.75. The van der Waals surface area contributed by atoms with Gasteiger partial charge in [0.15, 0.2) is 0 Å². The molecule has 0 aromatic rings. The van der Waals surface area contributed by atoms with Gasteiger partial charge in [0.1, 0.15) is 0 Å². The maximum atomic E-state index is 9.83. The molecule has 0 spiro atoms. The largest absolute Gasteiger partial charge is 0.393 e. The molecule has 2 saturated carbocycles. The van der Waals surface area contributed by atoms with Crippen molar-refractivity contribution in [2.24, 2.45) is 17.3 Å². The summed E-state index contributed by atoms with van der Waals surface area (Å²) in [6.07, 6.45) is 4.41. The van der Waals surface area contributed by atoms with E-state index in [2.05, 4.69) is 20.4 Å². The van der Waals surface area contributed by atoms with E-state index in [4.69, 9.17) is 0 Å². The van der Waals surface area contributed by atoms with Crippen LogP contribution in [-0.2, 0) is 0 Å². The first-order valence-electron chi connectivity index (χ1n) is 5.43. The van der Waals surface area contributed by atoms with E-state index in [0.29, 0.717) is 11.3 Å². The van der Waals surface area contributed by atoms with Crippen LogP contribution in [0, 0.1) is 17.3 Å². The van der Waals surface area contributed by atoms with Gasteiger partial charge in [0.2, 0.25) is 0 Å². The van der Waals surface area contributed by atoms with Gasteiger partial charge >= 0.3 is 0 Å². The molecule has 4 atom stereocenters. The number of aliphatic hydroxyl groups is 1. The monoisotopic (exact) mass is 180 g/mol. The first-order chi connectivity index (χ1) is 6.05. The minimum atomic E-state index is -0.104. The van der Waals surface area contributed by atoms with Crippen molar-refractivity contribution >= 4 is 0 Å². The van der Waals surface area contributed by atoms with E-state index in [9.17, 15) is 5.11 Å². The first kappa shape index (κ1) is 9.26. The number of hydrogen-bond donors (Lipinski definition) is 1. The van der Waals surface area contributed by atoms with Crippen LogP contribution in [0.15, 0.2) is 12.2 Å². The summed E-state index contributed by atoms with van der Waals surface area (Å²) >= 11 is 0. The van der Waals surface area contributed by atoms with Gasteiger partial charge in [0, 0.05) is 5.92 Å². The van der Waals surface area contributed by atoms with Crippen LogP contribution in [-0.4, -0.2) is 11.2 Å². The highest BCUT2D eigenvalue weighted by Gasteiger charge is 2.46. The molecule has 0 heterocycles. The Bertz CT molecular complexity index is 233. The summed E-state index contributed by atoms with van der Waals surface area (Å²) in [5, 5.41) is 9.83. The molecular formula is C12H20O. The minimum absolute atomic E-state index is 0.104. The standard InChI is InChI=1S/C12H20O/c1-8-4-5-10-9(2)12(8,3)7-6-11(10)13/h8,10-11,13H,2,4-7H2,1,3H3/t8-,10-,11?,12+/m1/s1. The van der Waals surface area contributed by atoms with Crippen molar-refractivity contribution in [2.45, 2.75) is 45.6 Å². The van der Waals surface area contributed by atoms with Gasteiger partial charge in [0.05, 0.1) is 6.10 Å². The Balaban J connectivity index is 2.30. The normalized spacial score (nSPS) is 50.7. The number of aliphatic hydroxyl groups excluding tert-OH is 1. The molecule has 0 amide bonds. The van der Waals surface area contributed by atoms with E-state index in [-0.39, 0.29) is 6.10 Å². The fourth-order valence-electron chi connectivity index (χ4n) is 3.14. The molecule has 2 bridgehead atoms. The van der Waals surface area contributed by atoms with Gasteiger partial charge in [0.25, 0.3) is 0 Å². The van der Waals surface area contributed by atoms with Crippen LogP contribution in [0.25, 0.3) is 0 Å². The third kappa shape index (κ3) is 1.17. The second-order valence-corrected chi connectivity index (χ2v) is 5.13. The van der Waals surface area contributed by atoms with Crippen LogP contribution in [0.3, 0.4) is 0 Å². The van der Waals surface area contributed by atoms with E-state index >= 15 is 0 Å². The zero-order valence-corrected chi connectivity index (χ0v) is 8.71. The maximum absolute atomic E-state index is 9.83.